The molecule has 0 spiro atoms. The predicted octanol–water partition coefficient (Wildman–Crippen LogP) is 11.0. The Morgan fingerprint density at radius 2 is 1.04 bits per heavy atom. The second kappa shape index (κ2) is 11.5. The maximum absolute atomic E-state index is 6.19. The summed E-state index contributed by atoms with van der Waals surface area (Å²) in [6.07, 6.45) is 12.5. The average molecular weight is 605 g/mol. The third kappa shape index (κ3) is 4.97. The van der Waals surface area contributed by atoms with Crippen LogP contribution in [-0.2, 0) is 0 Å². The van der Waals surface area contributed by atoms with Crippen LogP contribution >= 0.6 is 0 Å². The average Bonchev–Trinajstić information content (AvgIpc) is 3.75. The number of benzene rings is 4. The topological polar surface area (TPSA) is 77.8 Å². The van der Waals surface area contributed by atoms with Gasteiger partial charge in [-0.05, 0) is 67.1 Å². The number of hydrogen-bond donors (Lipinski definition) is 0. The second-order valence-corrected chi connectivity index (χ2v) is 13.1. The number of nitrogens with zero attached hydrogens (tertiary/aromatic N) is 4. The molecule has 4 aromatic carbocycles. The van der Waals surface area contributed by atoms with Crippen LogP contribution in [0.4, 0.5) is 0 Å². The van der Waals surface area contributed by atoms with Gasteiger partial charge in [-0.2, -0.15) is 0 Å². The Balaban J connectivity index is 0.998. The molecule has 0 aliphatic heterocycles. The summed E-state index contributed by atoms with van der Waals surface area (Å²) >= 11 is 0. The Hall–Kier alpha value is -4.84. The van der Waals surface area contributed by atoms with Crippen LogP contribution in [0.15, 0.2) is 93.8 Å². The summed E-state index contributed by atoms with van der Waals surface area (Å²) < 4.78 is 12.4. The van der Waals surface area contributed by atoms with Gasteiger partial charge in [-0.15, -0.1) is 0 Å². The third-order valence-electron chi connectivity index (χ3n) is 10.1. The lowest BCUT2D eigenvalue weighted by Crippen LogP contribution is -2.16. The van der Waals surface area contributed by atoms with E-state index in [9.17, 15) is 0 Å². The zero-order valence-electron chi connectivity index (χ0n) is 25.9. The first-order valence-electron chi connectivity index (χ1n) is 16.9. The molecule has 0 atom stereocenters. The van der Waals surface area contributed by atoms with E-state index in [1.165, 1.54) is 64.2 Å². The minimum Gasteiger partial charge on any atom is -0.454 e. The van der Waals surface area contributed by atoms with Crippen LogP contribution in [0.25, 0.3) is 67.0 Å². The summed E-state index contributed by atoms with van der Waals surface area (Å²) in [6.45, 7) is 0. The van der Waals surface area contributed by atoms with Crippen LogP contribution in [0.5, 0.6) is 0 Å². The van der Waals surface area contributed by atoms with Crippen molar-refractivity contribution in [1.82, 2.24) is 19.9 Å². The van der Waals surface area contributed by atoms with Crippen LogP contribution < -0.4 is 0 Å². The monoisotopic (exact) mass is 604 g/mol. The fourth-order valence-corrected chi connectivity index (χ4v) is 7.54. The molecule has 46 heavy (non-hydrogen) atoms. The Kier molecular flexibility index (Phi) is 6.87. The molecule has 0 radical (unpaired) electrons. The highest BCUT2D eigenvalue weighted by molar-refractivity contribution is 6.13. The highest BCUT2D eigenvalue weighted by Gasteiger charge is 2.25. The molecule has 9 rings (SSSR count). The van der Waals surface area contributed by atoms with Gasteiger partial charge < -0.3 is 8.83 Å². The number of furan rings is 1. The molecule has 0 bridgehead atoms. The smallest absolute Gasteiger partial charge is 0.227 e. The minimum atomic E-state index is 0.460. The van der Waals surface area contributed by atoms with E-state index in [0.717, 1.165) is 72.8 Å². The molecule has 228 valence electrons. The van der Waals surface area contributed by atoms with Gasteiger partial charge in [0.2, 0.25) is 5.89 Å². The highest BCUT2D eigenvalue weighted by atomic mass is 16.4. The first-order valence-corrected chi connectivity index (χ1v) is 16.9. The zero-order chi connectivity index (χ0) is 30.5. The SMILES string of the molecule is c1ccc2c(c1)oc1c2ccc2oc(-c3ccc(-c4ccc(-c5nc(C6CCCCC6)nc(C6CCCCC6)n5)cc4)cc3)nc21. The third-order valence-corrected chi connectivity index (χ3v) is 10.1. The molecule has 3 heterocycles. The van der Waals surface area contributed by atoms with Gasteiger partial charge in [0.15, 0.2) is 22.5 Å². The molecule has 0 N–H and O–H groups in total. The van der Waals surface area contributed by atoms with E-state index in [1.54, 1.807) is 0 Å². The van der Waals surface area contributed by atoms with Gasteiger partial charge in [-0.25, -0.2) is 19.9 Å². The van der Waals surface area contributed by atoms with E-state index in [4.69, 9.17) is 28.8 Å². The van der Waals surface area contributed by atoms with E-state index in [-0.39, 0.29) is 0 Å². The minimum absolute atomic E-state index is 0.460. The Morgan fingerprint density at radius 1 is 0.457 bits per heavy atom. The number of rotatable bonds is 5. The van der Waals surface area contributed by atoms with Gasteiger partial charge in [-0.3, -0.25) is 0 Å². The molecule has 2 aliphatic carbocycles. The van der Waals surface area contributed by atoms with Gasteiger partial charge in [0.1, 0.15) is 17.2 Å². The second-order valence-electron chi connectivity index (χ2n) is 13.1. The van der Waals surface area contributed by atoms with Crippen molar-refractivity contribution >= 4 is 33.0 Å². The van der Waals surface area contributed by atoms with E-state index in [1.807, 2.05) is 24.3 Å². The van der Waals surface area contributed by atoms with Crippen molar-refractivity contribution in [3.05, 3.63) is 96.6 Å². The predicted molar refractivity (Wildman–Crippen MR) is 183 cm³/mol. The first-order chi connectivity index (χ1) is 22.8. The van der Waals surface area contributed by atoms with Crippen molar-refractivity contribution in [2.24, 2.45) is 0 Å². The number of aromatic nitrogens is 4. The van der Waals surface area contributed by atoms with Gasteiger partial charge in [0.05, 0.1) is 0 Å². The standard InChI is InChI=1S/C40H36N4O2/c1-3-9-27(10-4-1)37-42-38(28-11-5-2-6-12-28)44-39(43-37)29-19-15-25(16-20-29)26-17-21-30(22-18-26)40-41-35-34(46-40)24-23-32-31-13-7-8-14-33(31)45-36(32)35/h7-8,13-24,27-28H,1-6,9-12H2. The summed E-state index contributed by atoms with van der Waals surface area (Å²) in [5, 5.41) is 2.14. The molecule has 6 nitrogen and oxygen atoms in total. The zero-order valence-corrected chi connectivity index (χ0v) is 25.9. The lowest BCUT2D eigenvalue weighted by Gasteiger charge is -2.24. The van der Waals surface area contributed by atoms with Gasteiger partial charge in [0, 0.05) is 33.7 Å². The maximum Gasteiger partial charge on any atom is 0.227 e. The molecule has 3 aromatic heterocycles. The number of oxazole rings is 1. The fraction of sp³-hybridized carbons (Fsp3) is 0.300. The highest BCUT2D eigenvalue weighted by Crippen LogP contribution is 2.37. The van der Waals surface area contributed by atoms with E-state index >= 15 is 0 Å². The summed E-state index contributed by atoms with van der Waals surface area (Å²) in [7, 11) is 0. The number of para-hydroxylation sites is 1. The van der Waals surface area contributed by atoms with Crippen LogP contribution in [-0.4, -0.2) is 19.9 Å². The van der Waals surface area contributed by atoms with Crippen molar-refractivity contribution in [3.63, 3.8) is 0 Å². The van der Waals surface area contributed by atoms with Crippen molar-refractivity contribution in [3.8, 4) is 34.0 Å². The molecule has 0 unspecified atom stereocenters. The van der Waals surface area contributed by atoms with Crippen LogP contribution in [0.3, 0.4) is 0 Å². The normalized spacial score (nSPS) is 16.5. The Labute approximate surface area is 267 Å². The fourth-order valence-electron chi connectivity index (χ4n) is 7.54. The molecular weight excluding hydrogens is 568 g/mol. The lowest BCUT2D eigenvalue weighted by molar-refractivity contribution is 0.409. The molecule has 6 heteroatoms. The van der Waals surface area contributed by atoms with Gasteiger partial charge in [-0.1, -0.05) is 93.1 Å². The molecule has 2 saturated carbocycles. The number of hydrogen-bond acceptors (Lipinski definition) is 6. The van der Waals surface area contributed by atoms with E-state index in [0.29, 0.717) is 17.7 Å². The molecular formula is C40H36N4O2. The summed E-state index contributed by atoms with van der Waals surface area (Å²) in [5.74, 6) is 4.37. The van der Waals surface area contributed by atoms with Gasteiger partial charge >= 0.3 is 0 Å². The van der Waals surface area contributed by atoms with Crippen molar-refractivity contribution in [2.75, 3.05) is 0 Å². The quantitative estimate of drug-likeness (QED) is 0.194. The van der Waals surface area contributed by atoms with Crippen molar-refractivity contribution < 1.29 is 8.83 Å². The molecule has 2 aliphatic rings. The van der Waals surface area contributed by atoms with Crippen LogP contribution in [0.1, 0.15) is 87.7 Å². The number of fused-ring (bicyclic) bond motifs is 5. The molecule has 0 amide bonds. The van der Waals surface area contributed by atoms with Crippen molar-refractivity contribution in [1.29, 1.82) is 0 Å². The molecule has 2 fully saturated rings. The molecule has 0 saturated heterocycles. The summed E-state index contributed by atoms with van der Waals surface area (Å²) in [6, 6.07) is 29.2. The first kappa shape index (κ1) is 27.5. The van der Waals surface area contributed by atoms with E-state index < -0.39 is 0 Å². The lowest BCUT2D eigenvalue weighted by atomic mass is 9.87. The maximum atomic E-state index is 6.19. The Morgan fingerprint density at radius 3 is 1.70 bits per heavy atom. The Bertz CT molecular complexity index is 2130. The van der Waals surface area contributed by atoms with Crippen LogP contribution in [0, 0.1) is 0 Å². The molecule has 7 aromatic rings. The van der Waals surface area contributed by atoms with E-state index in [2.05, 4.69) is 60.7 Å². The largest absolute Gasteiger partial charge is 0.454 e. The van der Waals surface area contributed by atoms with Crippen molar-refractivity contribution in [2.45, 2.75) is 76.0 Å². The van der Waals surface area contributed by atoms with Gasteiger partial charge in [0.25, 0.3) is 0 Å². The van der Waals surface area contributed by atoms with Crippen LogP contribution in [0.2, 0.25) is 0 Å². The summed E-state index contributed by atoms with van der Waals surface area (Å²) in [5.41, 5.74) is 7.35. The summed E-state index contributed by atoms with van der Waals surface area (Å²) in [4.78, 5) is 20.1.